The van der Waals surface area contributed by atoms with E-state index in [2.05, 4.69) is 46.2 Å². The molecule has 0 spiro atoms. The highest BCUT2D eigenvalue weighted by Gasteiger charge is 2.28. The van der Waals surface area contributed by atoms with Crippen LogP contribution in [0.4, 0.5) is 0 Å². The molecule has 4 rings (SSSR count). The first-order valence-corrected chi connectivity index (χ1v) is 9.09. The number of carbonyl (C=O) groups is 1. The van der Waals surface area contributed by atoms with E-state index in [1.165, 1.54) is 22.2 Å². The first-order valence-electron chi connectivity index (χ1n) is 9.09. The van der Waals surface area contributed by atoms with Gasteiger partial charge in [0, 0.05) is 61.0 Å². The van der Waals surface area contributed by atoms with Crippen LogP contribution in [0, 0.1) is 6.92 Å². The Morgan fingerprint density at radius 2 is 2.15 bits per heavy atom. The van der Waals surface area contributed by atoms with Crippen LogP contribution in [0.15, 0.2) is 24.3 Å². The summed E-state index contributed by atoms with van der Waals surface area (Å²) in [6.07, 6.45) is 0.889. The number of aromatic nitrogens is 3. The quantitative estimate of drug-likeness (QED) is 0.733. The number of H-pyrrole nitrogens is 1. The van der Waals surface area contributed by atoms with Gasteiger partial charge in [-0.1, -0.05) is 18.2 Å². The second kappa shape index (κ2) is 6.61. The van der Waals surface area contributed by atoms with Gasteiger partial charge in [0.15, 0.2) is 5.69 Å². The number of nitrogens with zero attached hydrogens (tertiary/aromatic N) is 3. The van der Waals surface area contributed by atoms with Crippen LogP contribution in [0.5, 0.6) is 0 Å². The molecule has 0 atom stereocenters. The maximum atomic E-state index is 12.3. The van der Waals surface area contributed by atoms with Crippen molar-refractivity contribution in [1.82, 2.24) is 19.7 Å². The number of aromatic amines is 1. The van der Waals surface area contributed by atoms with Crippen LogP contribution in [-0.2, 0) is 31.3 Å². The Morgan fingerprint density at radius 3 is 2.96 bits per heavy atom. The summed E-state index contributed by atoms with van der Waals surface area (Å²) < 4.78 is 7.02. The lowest BCUT2D eigenvalue weighted by molar-refractivity contribution is 0.0516. The fourth-order valence-corrected chi connectivity index (χ4v) is 3.91. The third kappa shape index (κ3) is 2.80. The molecule has 1 aliphatic rings. The molecule has 0 unspecified atom stereocenters. The Hall–Kier alpha value is -2.60. The van der Waals surface area contributed by atoms with Crippen LogP contribution in [0.2, 0.25) is 0 Å². The molecule has 0 saturated heterocycles. The molecule has 0 radical (unpaired) electrons. The monoisotopic (exact) mass is 352 g/mol. The van der Waals surface area contributed by atoms with Gasteiger partial charge in [0.2, 0.25) is 0 Å². The van der Waals surface area contributed by atoms with Crippen LogP contribution in [-0.4, -0.2) is 38.8 Å². The standard InChI is InChI=1S/C20H24N4O2/c1-4-26-20(25)19-16-12-24(10-9-18(16)23(3)22-19)11-15-13(2)21-17-8-6-5-7-14(15)17/h5-8,21H,4,9-12H2,1-3H3. The lowest BCUT2D eigenvalue weighted by atomic mass is 10.0. The van der Waals surface area contributed by atoms with Gasteiger partial charge in [-0.3, -0.25) is 9.58 Å². The highest BCUT2D eigenvalue weighted by atomic mass is 16.5. The predicted molar refractivity (Wildman–Crippen MR) is 100 cm³/mol. The summed E-state index contributed by atoms with van der Waals surface area (Å²) in [6, 6.07) is 8.40. The molecule has 26 heavy (non-hydrogen) atoms. The van der Waals surface area contributed by atoms with Crippen molar-refractivity contribution in [3.63, 3.8) is 0 Å². The Kier molecular flexibility index (Phi) is 4.28. The van der Waals surface area contributed by atoms with Crippen LogP contribution in [0.1, 0.15) is 39.9 Å². The number of rotatable bonds is 4. The molecule has 1 aromatic carbocycles. The van der Waals surface area contributed by atoms with E-state index in [0.717, 1.165) is 37.3 Å². The minimum absolute atomic E-state index is 0.325. The van der Waals surface area contributed by atoms with Crippen LogP contribution >= 0.6 is 0 Å². The summed E-state index contributed by atoms with van der Waals surface area (Å²) in [5.41, 5.74) is 6.31. The van der Waals surface area contributed by atoms with Crippen molar-refractivity contribution in [2.75, 3.05) is 13.2 Å². The first kappa shape index (κ1) is 16.8. The smallest absolute Gasteiger partial charge is 0.359 e. The van der Waals surface area contributed by atoms with E-state index in [-0.39, 0.29) is 5.97 Å². The lowest BCUT2D eigenvalue weighted by Crippen LogP contribution is -2.31. The third-order valence-electron chi connectivity index (χ3n) is 5.20. The summed E-state index contributed by atoms with van der Waals surface area (Å²) in [5, 5.41) is 5.69. The number of fused-ring (bicyclic) bond motifs is 2. The topological polar surface area (TPSA) is 63.1 Å². The van der Waals surface area contributed by atoms with Gasteiger partial charge in [0.1, 0.15) is 0 Å². The molecule has 1 N–H and O–H groups in total. The molecule has 1 aliphatic heterocycles. The molecule has 3 heterocycles. The average Bonchev–Trinajstić information content (AvgIpc) is 3.13. The zero-order valence-electron chi connectivity index (χ0n) is 15.5. The van der Waals surface area contributed by atoms with Crippen LogP contribution in [0.3, 0.4) is 0 Å². The number of aryl methyl sites for hydroxylation is 2. The highest BCUT2D eigenvalue weighted by molar-refractivity contribution is 5.89. The molecule has 6 nitrogen and oxygen atoms in total. The third-order valence-corrected chi connectivity index (χ3v) is 5.20. The fraction of sp³-hybridized carbons (Fsp3) is 0.400. The van der Waals surface area contributed by atoms with E-state index < -0.39 is 0 Å². The second-order valence-corrected chi connectivity index (χ2v) is 6.85. The van der Waals surface area contributed by atoms with Gasteiger partial charge >= 0.3 is 5.97 Å². The number of hydrogen-bond acceptors (Lipinski definition) is 4. The summed E-state index contributed by atoms with van der Waals surface area (Å²) in [5.74, 6) is -0.325. The summed E-state index contributed by atoms with van der Waals surface area (Å²) >= 11 is 0. The normalized spacial score (nSPS) is 14.6. The van der Waals surface area contributed by atoms with E-state index in [4.69, 9.17) is 4.74 Å². The van der Waals surface area contributed by atoms with Gasteiger partial charge in [0.05, 0.1) is 6.61 Å². The molecule has 6 heteroatoms. The van der Waals surface area contributed by atoms with Crippen molar-refractivity contribution in [2.45, 2.75) is 33.4 Å². The molecule has 0 bridgehead atoms. The van der Waals surface area contributed by atoms with E-state index in [1.807, 2.05) is 18.7 Å². The Balaban J connectivity index is 1.62. The molecular formula is C20H24N4O2. The van der Waals surface area contributed by atoms with E-state index >= 15 is 0 Å². The number of para-hydroxylation sites is 1. The van der Waals surface area contributed by atoms with Gasteiger partial charge in [-0.25, -0.2) is 4.79 Å². The highest BCUT2D eigenvalue weighted by Crippen LogP contribution is 2.27. The maximum absolute atomic E-state index is 12.3. The van der Waals surface area contributed by atoms with Crippen LogP contribution < -0.4 is 0 Å². The van der Waals surface area contributed by atoms with Gasteiger partial charge < -0.3 is 9.72 Å². The molecule has 0 aliphatic carbocycles. The minimum atomic E-state index is -0.325. The lowest BCUT2D eigenvalue weighted by Gasteiger charge is -2.27. The van der Waals surface area contributed by atoms with Gasteiger partial charge in [0.25, 0.3) is 0 Å². The van der Waals surface area contributed by atoms with Crippen molar-refractivity contribution < 1.29 is 9.53 Å². The molecule has 136 valence electrons. The first-order chi connectivity index (χ1) is 12.6. The van der Waals surface area contributed by atoms with Gasteiger partial charge in [-0.05, 0) is 25.5 Å². The Morgan fingerprint density at radius 1 is 1.35 bits per heavy atom. The van der Waals surface area contributed by atoms with Crippen molar-refractivity contribution in [2.24, 2.45) is 7.05 Å². The molecule has 3 aromatic rings. The van der Waals surface area contributed by atoms with Crippen molar-refractivity contribution >= 4 is 16.9 Å². The summed E-state index contributed by atoms with van der Waals surface area (Å²) in [7, 11) is 1.90. The summed E-state index contributed by atoms with van der Waals surface area (Å²) in [6.45, 7) is 6.83. The number of carbonyl (C=O) groups excluding carboxylic acids is 1. The fourth-order valence-electron chi connectivity index (χ4n) is 3.91. The molecule has 0 saturated carbocycles. The summed E-state index contributed by atoms with van der Waals surface area (Å²) in [4.78, 5) is 18.1. The SMILES string of the molecule is CCOC(=O)c1nn(C)c2c1CN(Cc1c(C)[nH]c3ccccc13)CC2. The number of ether oxygens (including phenoxy) is 1. The van der Waals surface area contributed by atoms with Gasteiger partial charge in [-0.15, -0.1) is 0 Å². The largest absolute Gasteiger partial charge is 0.461 e. The number of hydrogen-bond donors (Lipinski definition) is 1. The van der Waals surface area contributed by atoms with E-state index in [1.54, 1.807) is 0 Å². The zero-order chi connectivity index (χ0) is 18.3. The van der Waals surface area contributed by atoms with E-state index in [9.17, 15) is 4.79 Å². The number of nitrogens with one attached hydrogen (secondary N) is 1. The van der Waals surface area contributed by atoms with Gasteiger partial charge in [-0.2, -0.15) is 5.10 Å². The Bertz CT molecular complexity index is 970. The minimum Gasteiger partial charge on any atom is -0.461 e. The zero-order valence-corrected chi connectivity index (χ0v) is 15.5. The molecule has 0 amide bonds. The average molecular weight is 352 g/mol. The van der Waals surface area contributed by atoms with Crippen molar-refractivity contribution in [3.8, 4) is 0 Å². The molecule has 2 aromatic heterocycles. The Labute approximate surface area is 152 Å². The molecular weight excluding hydrogens is 328 g/mol. The van der Waals surface area contributed by atoms with Crippen molar-refractivity contribution in [3.05, 3.63) is 52.5 Å². The molecule has 0 fully saturated rings. The van der Waals surface area contributed by atoms with Crippen molar-refractivity contribution in [1.29, 1.82) is 0 Å². The maximum Gasteiger partial charge on any atom is 0.359 e. The number of benzene rings is 1. The van der Waals surface area contributed by atoms with Crippen LogP contribution in [0.25, 0.3) is 10.9 Å². The second-order valence-electron chi connectivity index (χ2n) is 6.85. The van der Waals surface area contributed by atoms with E-state index in [0.29, 0.717) is 12.3 Å². The predicted octanol–water partition coefficient (Wildman–Crippen LogP) is 2.94. The number of esters is 1.